The van der Waals surface area contributed by atoms with E-state index in [2.05, 4.69) is 10.6 Å². The molecule has 3 unspecified atom stereocenters. The van der Waals surface area contributed by atoms with E-state index in [9.17, 15) is 22.8 Å². The van der Waals surface area contributed by atoms with Gasteiger partial charge in [-0.25, -0.2) is 13.2 Å². The molecule has 0 saturated carbocycles. The van der Waals surface area contributed by atoms with Crippen LogP contribution in [0.1, 0.15) is 0 Å². The monoisotopic (exact) mass is 358 g/mol. The number of aliphatic carboxylic acids is 1. The lowest BCUT2D eigenvalue weighted by molar-refractivity contribution is -0.139. The number of carbonyl (C=O) groups excluding carboxylic acids is 2. The van der Waals surface area contributed by atoms with Gasteiger partial charge >= 0.3 is 5.97 Å². The highest BCUT2D eigenvalue weighted by Gasteiger charge is 2.37. The summed E-state index contributed by atoms with van der Waals surface area (Å²) in [4.78, 5) is 32.6. The molecule has 21 heavy (non-hydrogen) atoms. The van der Waals surface area contributed by atoms with Crippen molar-refractivity contribution in [1.29, 1.82) is 0 Å². The molecule has 11 heteroatoms. The molecular formula is C10H15ClN2O6S2. The van der Waals surface area contributed by atoms with Crippen LogP contribution in [0, 0.1) is 0 Å². The van der Waals surface area contributed by atoms with E-state index >= 15 is 0 Å². The Morgan fingerprint density at radius 1 is 1.43 bits per heavy atom. The van der Waals surface area contributed by atoms with E-state index in [0.29, 0.717) is 0 Å². The largest absolute Gasteiger partial charge is 0.480 e. The van der Waals surface area contributed by atoms with Gasteiger partial charge in [-0.1, -0.05) is 0 Å². The molecule has 0 aliphatic carbocycles. The minimum absolute atomic E-state index is 0.0226. The number of amides is 2. The molecule has 0 radical (unpaired) electrons. The van der Waals surface area contributed by atoms with Gasteiger partial charge in [0.1, 0.15) is 6.04 Å². The second kappa shape index (κ2) is 7.85. The highest BCUT2D eigenvalue weighted by Crippen LogP contribution is 2.18. The zero-order valence-electron chi connectivity index (χ0n) is 10.8. The first kappa shape index (κ1) is 18.1. The molecule has 1 aliphatic rings. The van der Waals surface area contributed by atoms with Crippen LogP contribution in [-0.2, 0) is 24.2 Å². The number of alkyl halides is 1. The first-order chi connectivity index (χ1) is 9.75. The lowest BCUT2D eigenvalue weighted by atomic mass is 10.2. The number of nitrogens with one attached hydrogen (secondary N) is 2. The van der Waals surface area contributed by atoms with Crippen LogP contribution >= 0.6 is 23.4 Å². The summed E-state index contributed by atoms with van der Waals surface area (Å²) >= 11 is 6.86. The Labute approximate surface area is 130 Å². The number of sulfone groups is 1. The minimum Gasteiger partial charge on any atom is -0.480 e. The predicted molar refractivity (Wildman–Crippen MR) is 78.2 cm³/mol. The summed E-state index contributed by atoms with van der Waals surface area (Å²) in [5.74, 6) is -2.01. The van der Waals surface area contributed by atoms with E-state index < -0.39 is 39.2 Å². The topological polar surface area (TPSA) is 130 Å². The van der Waals surface area contributed by atoms with Gasteiger partial charge in [0, 0.05) is 5.75 Å². The van der Waals surface area contributed by atoms with E-state index in [0.717, 1.165) is 11.8 Å². The van der Waals surface area contributed by atoms with E-state index in [4.69, 9.17) is 16.7 Å². The van der Waals surface area contributed by atoms with Crippen molar-refractivity contribution < 1.29 is 27.9 Å². The zero-order valence-corrected chi connectivity index (χ0v) is 13.2. The maximum Gasteiger partial charge on any atom is 0.327 e. The van der Waals surface area contributed by atoms with Gasteiger partial charge in [-0.2, -0.15) is 0 Å². The van der Waals surface area contributed by atoms with Gasteiger partial charge in [-0.15, -0.1) is 23.4 Å². The van der Waals surface area contributed by atoms with Crippen LogP contribution in [0.4, 0.5) is 0 Å². The molecule has 1 heterocycles. The average molecular weight is 359 g/mol. The molecule has 0 bridgehead atoms. The molecule has 0 aromatic carbocycles. The Morgan fingerprint density at radius 2 is 2.10 bits per heavy atom. The third kappa shape index (κ3) is 6.10. The number of carboxylic acid groups (broad SMARTS) is 1. The highest BCUT2D eigenvalue weighted by molar-refractivity contribution is 8.00. The van der Waals surface area contributed by atoms with Crippen LogP contribution in [0.2, 0.25) is 0 Å². The quantitative estimate of drug-likeness (QED) is 0.353. The average Bonchev–Trinajstić information content (AvgIpc) is 2.60. The zero-order chi connectivity index (χ0) is 16.0. The standard InChI is InChI=1S/C10H15ClN2O6S2/c11-6-3-21(18,19)4-8(6)13-9(15)2-20-1-7(10(16)17)12-5-14/h5-8H,1-4H2,(H,12,14)(H,13,15)(H,16,17). The lowest BCUT2D eigenvalue weighted by Gasteiger charge is -2.15. The molecule has 2 amide bonds. The van der Waals surface area contributed by atoms with Crippen LogP contribution < -0.4 is 10.6 Å². The van der Waals surface area contributed by atoms with Crippen molar-refractivity contribution in [2.45, 2.75) is 17.5 Å². The van der Waals surface area contributed by atoms with Gasteiger partial charge in [0.25, 0.3) is 0 Å². The SMILES string of the molecule is O=CNC(CSCC(=O)NC1CS(=O)(=O)CC1Cl)C(=O)O. The summed E-state index contributed by atoms with van der Waals surface area (Å²) in [6.45, 7) is 0. The van der Waals surface area contributed by atoms with Crippen LogP contribution in [0.3, 0.4) is 0 Å². The van der Waals surface area contributed by atoms with E-state index in [1.807, 2.05) is 0 Å². The fraction of sp³-hybridized carbons (Fsp3) is 0.700. The van der Waals surface area contributed by atoms with Crippen molar-refractivity contribution in [3.63, 3.8) is 0 Å². The van der Waals surface area contributed by atoms with Gasteiger partial charge in [-0.3, -0.25) is 9.59 Å². The van der Waals surface area contributed by atoms with Crippen LogP contribution in [0.5, 0.6) is 0 Å². The molecule has 3 N–H and O–H groups in total. The van der Waals surface area contributed by atoms with Crippen molar-refractivity contribution in [2.24, 2.45) is 0 Å². The summed E-state index contributed by atoms with van der Waals surface area (Å²) in [7, 11) is -3.22. The number of rotatable bonds is 8. The second-order valence-corrected chi connectivity index (χ2v) is 8.20. The summed E-state index contributed by atoms with van der Waals surface area (Å²) in [5.41, 5.74) is 0. The molecule has 1 aliphatic heterocycles. The third-order valence-corrected chi connectivity index (χ3v) is 6.13. The maximum atomic E-state index is 11.6. The van der Waals surface area contributed by atoms with Crippen LogP contribution in [-0.4, -0.2) is 72.3 Å². The summed E-state index contributed by atoms with van der Waals surface area (Å²) < 4.78 is 22.7. The molecule has 0 spiro atoms. The van der Waals surface area contributed by atoms with E-state index in [1.54, 1.807) is 0 Å². The minimum atomic E-state index is -3.22. The molecule has 8 nitrogen and oxygen atoms in total. The molecule has 0 aromatic rings. The first-order valence-corrected chi connectivity index (χ1v) is 9.30. The normalized spacial score (nSPS) is 25.0. The molecule has 1 saturated heterocycles. The Kier molecular flexibility index (Phi) is 6.75. The molecular weight excluding hydrogens is 344 g/mol. The lowest BCUT2D eigenvalue weighted by Crippen LogP contribution is -2.42. The predicted octanol–water partition coefficient (Wildman–Crippen LogP) is -1.56. The van der Waals surface area contributed by atoms with Crippen LogP contribution in [0.15, 0.2) is 0 Å². The Balaban J connectivity index is 2.34. The summed E-state index contributed by atoms with van der Waals surface area (Å²) in [5, 5.41) is 12.7. The number of carboxylic acids is 1. The number of thioether (sulfide) groups is 1. The van der Waals surface area contributed by atoms with Gasteiger partial charge in [-0.05, 0) is 0 Å². The van der Waals surface area contributed by atoms with Gasteiger partial charge in [0.2, 0.25) is 12.3 Å². The highest BCUT2D eigenvalue weighted by atomic mass is 35.5. The smallest absolute Gasteiger partial charge is 0.327 e. The second-order valence-electron chi connectivity index (χ2n) is 4.46. The van der Waals surface area contributed by atoms with Crippen LogP contribution in [0.25, 0.3) is 0 Å². The third-order valence-electron chi connectivity index (χ3n) is 2.71. The van der Waals surface area contributed by atoms with Gasteiger partial charge in [0.05, 0.1) is 28.7 Å². The fourth-order valence-electron chi connectivity index (χ4n) is 1.73. The maximum absolute atomic E-state index is 11.6. The number of carbonyl (C=O) groups is 3. The molecule has 3 atom stereocenters. The van der Waals surface area contributed by atoms with E-state index in [1.165, 1.54) is 0 Å². The van der Waals surface area contributed by atoms with Gasteiger partial charge in [0.15, 0.2) is 9.84 Å². The summed E-state index contributed by atoms with van der Waals surface area (Å²) in [6.07, 6.45) is 0.279. The van der Waals surface area contributed by atoms with Gasteiger partial charge < -0.3 is 15.7 Å². The fourth-order valence-corrected chi connectivity index (χ4v) is 5.14. The van der Waals surface area contributed by atoms with E-state index in [-0.39, 0.29) is 29.4 Å². The molecule has 1 fully saturated rings. The van der Waals surface area contributed by atoms with Crippen molar-refractivity contribution in [1.82, 2.24) is 10.6 Å². The van der Waals surface area contributed by atoms with Crippen molar-refractivity contribution in [3.8, 4) is 0 Å². The van der Waals surface area contributed by atoms with Crippen molar-refractivity contribution >= 4 is 51.5 Å². The molecule has 0 aromatic heterocycles. The Morgan fingerprint density at radius 3 is 2.57 bits per heavy atom. The molecule has 120 valence electrons. The number of hydrogen-bond donors (Lipinski definition) is 3. The molecule has 1 rings (SSSR count). The first-order valence-electron chi connectivity index (χ1n) is 5.89. The van der Waals surface area contributed by atoms with Crippen molar-refractivity contribution in [3.05, 3.63) is 0 Å². The Bertz CT molecular complexity index is 512. The summed E-state index contributed by atoms with van der Waals surface area (Å²) in [6, 6.07) is -1.71. The van der Waals surface area contributed by atoms with Crippen molar-refractivity contribution in [2.75, 3.05) is 23.0 Å². The Hall–Kier alpha value is -1.00. The number of hydrogen-bond acceptors (Lipinski definition) is 6. The number of halogens is 1.